The van der Waals surface area contributed by atoms with E-state index < -0.39 is 0 Å². The molecule has 23 heavy (non-hydrogen) atoms. The van der Waals surface area contributed by atoms with E-state index in [4.69, 9.17) is 5.73 Å². The zero-order valence-electron chi connectivity index (χ0n) is 13.4. The van der Waals surface area contributed by atoms with E-state index in [-0.39, 0.29) is 0 Å². The molecular weight excluding hydrogens is 280 g/mol. The molecule has 4 rings (SSSR count). The number of fused-ring (bicyclic) bond motifs is 1. The van der Waals surface area contributed by atoms with E-state index in [0.29, 0.717) is 24.4 Å². The Bertz CT molecular complexity index is 692. The van der Waals surface area contributed by atoms with Gasteiger partial charge in [-0.1, -0.05) is 66.7 Å². The maximum Gasteiger partial charge on any atom is 0.0389 e. The molecule has 0 amide bonds. The van der Waals surface area contributed by atoms with Gasteiger partial charge in [-0.3, -0.25) is 4.90 Å². The molecule has 1 saturated heterocycles. The van der Waals surface area contributed by atoms with Crippen molar-refractivity contribution in [3.63, 3.8) is 0 Å². The molecule has 118 valence electrons. The van der Waals surface area contributed by atoms with Crippen LogP contribution in [0, 0.1) is 11.8 Å². The molecular formula is C21H24N2. The SMILES string of the molecule is NCc1cccc(C2C3CC=CC3CN2Cc2ccccc2)c1. The maximum absolute atomic E-state index is 5.86. The Hall–Kier alpha value is -1.90. The molecule has 3 unspecified atom stereocenters. The summed E-state index contributed by atoms with van der Waals surface area (Å²) in [6.07, 6.45) is 6.00. The van der Waals surface area contributed by atoms with Gasteiger partial charge >= 0.3 is 0 Å². The third kappa shape index (κ3) is 2.85. The molecule has 2 heteroatoms. The van der Waals surface area contributed by atoms with Crippen LogP contribution >= 0.6 is 0 Å². The van der Waals surface area contributed by atoms with E-state index in [1.807, 2.05) is 0 Å². The highest BCUT2D eigenvalue weighted by molar-refractivity contribution is 5.30. The molecule has 2 N–H and O–H groups in total. The predicted octanol–water partition coefficient (Wildman–Crippen LogP) is 3.89. The molecule has 0 saturated carbocycles. The molecule has 3 atom stereocenters. The summed E-state index contributed by atoms with van der Waals surface area (Å²) >= 11 is 0. The van der Waals surface area contributed by atoms with Crippen molar-refractivity contribution in [3.05, 3.63) is 83.4 Å². The van der Waals surface area contributed by atoms with Crippen molar-refractivity contribution < 1.29 is 0 Å². The Labute approximate surface area is 138 Å². The molecule has 1 aliphatic carbocycles. The monoisotopic (exact) mass is 304 g/mol. The number of allylic oxidation sites excluding steroid dienone is 1. The average Bonchev–Trinajstić information content (AvgIpc) is 3.16. The van der Waals surface area contributed by atoms with Crippen molar-refractivity contribution in [2.24, 2.45) is 17.6 Å². The topological polar surface area (TPSA) is 29.3 Å². The number of nitrogens with zero attached hydrogens (tertiary/aromatic N) is 1. The van der Waals surface area contributed by atoms with Gasteiger partial charge in [0.2, 0.25) is 0 Å². The first kappa shape index (κ1) is 14.7. The van der Waals surface area contributed by atoms with Gasteiger partial charge in [-0.15, -0.1) is 0 Å². The first-order valence-electron chi connectivity index (χ1n) is 8.58. The molecule has 0 radical (unpaired) electrons. The lowest BCUT2D eigenvalue weighted by molar-refractivity contribution is 0.220. The lowest BCUT2D eigenvalue weighted by Gasteiger charge is -2.28. The van der Waals surface area contributed by atoms with Crippen LogP contribution in [0.2, 0.25) is 0 Å². The summed E-state index contributed by atoms with van der Waals surface area (Å²) < 4.78 is 0. The van der Waals surface area contributed by atoms with Crippen LogP contribution in [0.3, 0.4) is 0 Å². The third-order valence-corrected chi connectivity index (χ3v) is 5.34. The fraction of sp³-hybridized carbons (Fsp3) is 0.333. The fourth-order valence-electron chi connectivity index (χ4n) is 4.29. The van der Waals surface area contributed by atoms with Gasteiger partial charge < -0.3 is 5.73 Å². The summed E-state index contributed by atoms with van der Waals surface area (Å²) in [5.41, 5.74) is 9.92. The third-order valence-electron chi connectivity index (χ3n) is 5.34. The van der Waals surface area contributed by atoms with Crippen LogP contribution in [0.4, 0.5) is 0 Å². The average molecular weight is 304 g/mol. The molecule has 1 aliphatic heterocycles. The largest absolute Gasteiger partial charge is 0.326 e. The van der Waals surface area contributed by atoms with E-state index in [1.54, 1.807) is 0 Å². The van der Waals surface area contributed by atoms with Gasteiger partial charge in [0.25, 0.3) is 0 Å². The Balaban J connectivity index is 1.65. The van der Waals surface area contributed by atoms with E-state index in [1.165, 1.54) is 23.1 Å². The first-order valence-corrected chi connectivity index (χ1v) is 8.58. The highest BCUT2D eigenvalue weighted by atomic mass is 15.2. The Morgan fingerprint density at radius 1 is 1.00 bits per heavy atom. The van der Waals surface area contributed by atoms with Crippen molar-refractivity contribution in [3.8, 4) is 0 Å². The molecule has 2 aromatic rings. The zero-order valence-corrected chi connectivity index (χ0v) is 13.4. The van der Waals surface area contributed by atoms with Gasteiger partial charge in [-0.25, -0.2) is 0 Å². The fourth-order valence-corrected chi connectivity index (χ4v) is 4.29. The summed E-state index contributed by atoms with van der Waals surface area (Å²) in [4.78, 5) is 2.66. The Kier molecular flexibility index (Phi) is 4.02. The van der Waals surface area contributed by atoms with Crippen LogP contribution in [0.1, 0.15) is 29.2 Å². The van der Waals surface area contributed by atoms with E-state index in [0.717, 1.165) is 13.1 Å². The standard InChI is InChI=1S/C21H24N2/c22-13-17-8-4-9-18(12-17)21-20-11-5-10-19(20)15-23(21)14-16-6-2-1-3-7-16/h1-10,12,19-21H,11,13-15,22H2. The molecule has 0 bridgehead atoms. The number of likely N-dealkylation sites (tertiary alicyclic amines) is 1. The van der Waals surface area contributed by atoms with Crippen molar-refractivity contribution in [1.82, 2.24) is 4.90 Å². The normalized spacial score (nSPS) is 26.6. The van der Waals surface area contributed by atoms with Crippen molar-refractivity contribution in [2.75, 3.05) is 6.54 Å². The quantitative estimate of drug-likeness (QED) is 0.868. The molecule has 2 aromatic carbocycles. The molecule has 0 aromatic heterocycles. The minimum atomic E-state index is 0.502. The van der Waals surface area contributed by atoms with Crippen molar-refractivity contribution in [1.29, 1.82) is 0 Å². The van der Waals surface area contributed by atoms with Crippen LogP contribution in [0.15, 0.2) is 66.7 Å². The number of nitrogens with two attached hydrogens (primary N) is 1. The van der Waals surface area contributed by atoms with Gasteiger partial charge in [0.15, 0.2) is 0 Å². The molecule has 2 nitrogen and oxygen atoms in total. The number of hydrogen-bond acceptors (Lipinski definition) is 2. The lowest BCUT2D eigenvalue weighted by Crippen LogP contribution is -2.25. The van der Waals surface area contributed by atoms with E-state index in [2.05, 4.69) is 71.6 Å². The highest BCUT2D eigenvalue weighted by Crippen LogP contribution is 2.47. The van der Waals surface area contributed by atoms with Crippen LogP contribution in [0.5, 0.6) is 0 Å². The molecule has 2 aliphatic rings. The second-order valence-electron chi connectivity index (χ2n) is 6.80. The van der Waals surface area contributed by atoms with Crippen LogP contribution in [-0.4, -0.2) is 11.4 Å². The predicted molar refractivity (Wildman–Crippen MR) is 94.7 cm³/mol. The first-order chi connectivity index (χ1) is 11.3. The minimum absolute atomic E-state index is 0.502. The maximum atomic E-state index is 5.86. The van der Waals surface area contributed by atoms with Gasteiger partial charge in [0.05, 0.1) is 0 Å². The second kappa shape index (κ2) is 6.31. The second-order valence-corrected chi connectivity index (χ2v) is 6.80. The summed E-state index contributed by atoms with van der Waals surface area (Å²) in [5.74, 6) is 1.41. The number of benzene rings is 2. The Morgan fingerprint density at radius 2 is 1.83 bits per heavy atom. The van der Waals surface area contributed by atoms with E-state index in [9.17, 15) is 0 Å². The van der Waals surface area contributed by atoms with Crippen molar-refractivity contribution in [2.45, 2.75) is 25.6 Å². The van der Waals surface area contributed by atoms with Gasteiger partial charge in [0.1, 0.15) is 0 Å². The lowest BCUT2D eigenvalue weighted by atomic mass is 9.88. The number of rotatable bonds is 4. The molecule has 1 fully saturated rings. The summed E-state index contributed by atoms with van der Waals surface area (Å²) in [6.45, 7) is 2.80. The number of hydrogen-bond donors (Lipinski definition) is 1. The van der Waals surface area contributed by atoms with Crippen LogP contribution in [-0.2, 0) is 13.1 Å². The van der Waals surface area contributed by atoms with Crippen LogP contribution in [0.25, 0.3) is 0 Å². The molecule has 1 heterocycles. The summed E-state index contributed by atoms with van der Waals surface area (Å²) in [6, 6.07) is 20.2. The van der Waals surface area contributed by atoms with Gasteiger partial charge in [0, 0.05) is 25.7 Å². The smallest absolute Gasteiger partial charge is 0.0389 e. The zero-order chi connectivity index (χ0) is 15.6. The minimum Gasteiger partial charge on any atom is -0.326 e. The summed E-state index contributed by atoms with van der Waals surface area (Å²) in [5, 5.41) is 0. The summed E-state index contributed by atoms with van der Waals surface area (Å²) in [7, 11) is 0. The molecule has 0 spiro atoms. The van der Waals surface area contributed by atoms with Crippen LogP contribution < -0.4 is 5.73 Å². The highest BCUT2D eigenvalue weighted by Gasteiger charge is 2.42. The van der Waals surface area contributed by atoms with Gasteiger partial charge in [-0.05, 0) is 34.9 Å². The van der Waals surface area contributed by atoms with E-state index >= 15 is 0 Å². The van der Waals surface area contributed by atoms with Gasteiger partial charge in [-0.2, -0.15) is 0 Å². The van der Waals surface area contributed by atoms with Crippen molar-refractivity contribution >= 4 is 0 Å². The Morgan fingerprint density at radius 3 is 2.65 bits per heavy atom.